The first kappa shape index (κ1) is 20.7. The van der Waals surface area contributed by atoms with E-state index in [0.29, 0.717) is 38.4 Å². The molecule has 6 heteroatoms. The molecule has 0 amide bonds. The summed E-state index contributed by atoms with van der Waals surface area (Å²) in [5.41, 5.74) is 1.37. The van der Waals surface area contributed by atoms with Gasteiger partial charge >= 0.3 is 0 Å². The second-order valence-electron chi connectivity index (χ2n) is 6.71. The normalized spacial score (nSPS) is 21.1. The molecule has 1 aromatic carbocycles. The third-order valence-electron chi connectivity index (χ3n) is 4.55. The average molecular weight is 363 g/mol. The lowest BCUT2D eigenvalue weighted by Gasteiger charge is -2.21. The number of methoxy groups -OCH3 is 1. The SMILES string of the molecule is CCNC(=NCCOCCOC)NC1CC(C)N(Cc2ccccc2)C1. The molecule has 0 radical (unpaired) electrons. The van der Waals surface area contributed by atoms with Gasteiger partial charge in [0.2, 0.25) is 0 Å². The molecular weight excluding hydrogens is 328 g/mol. The quantitative estimate of drug-likeness (QED) is 0.378. The van der Waals surface area contributed by atoms with E-state index in [1.54, 1.807) is 7.11 Å². The average Bonchev–Trinajstić information content (AvgIpc) is 2.98. The van der Waals surface area contributed by atoms with Crippen LogP contribution in [-0.4, -0.2) is 69.5 Å². The molecule has 1 saturated heterocycles. The van der Waals surface area contributed by atoms with Gasteiger partial charge in [-0.3, -0.25) is 9.89 Å². The van der Waals surface area contributed by atoms with Crippen molar-refractivity contribution in [1.29, 1.82) is 0 Å². The molecule has 2 unspecified atom stereocenters. The number of likely N-dealkylation sites (tertiary alicyclic amines) is 1. The molecule has 1 fully saturated rings. The summed E-state index contributed by atoms with van der Waals surface area (Å²) in [7, 11) is 1.68. The first-order valence-corrected chi connectivity index (χ1v) is 9.62. The molecule has 1 aliphatic heterocycles. The fraction of sp³-hybridized carbons (Fsp3) is 0.650. The Balaban J connectivity index is 1.79. The maximum Gasteiger partial charge on any atom is 0.191 e. The van der Waals surface area contributed by atoms with Crippen LogP contribution in [0, 0.1) is 0 Å². The van der Waals surface area contributed by atoms with E-state index in [1.807, 2.05) is 0 Å². The Morgan fingerprint density at radius 1 is 1.23 bits per heavy atom. The molecule has 0 saturated carbocycles. The molecule has 1 aromatic rings. The van der Waals surface area contributed by atoms with Gasteiger partial charge in [0, 0.05) is 38.8 Å². The first-order chi connectivity index (χ1) is 12.7. The van der Waals surface area contributed by atoms with Gasteiger partial charge < -0.3 is 20.1 Å². The minimum atomic E-state index is 0.418. The zero-order valence-electron chi connectivity index (χ0n) is 16.4. The number of nitrogens with one attached hydrogen (secondary N) is 2. The van der Waals surface area contributed by atoms with E-state index in [9.17, 15) is 0 Å². The van der Waals surface area contributed by atoms with Crippen molar-refractivity contribution in [2.75, 3.05) is 46.6 Å². The van der Waals surface area contributed by atoms with E-state index >= 15 is 0 Å². The fourth-order valence-electron chi connectivity index (χ4n) is 3.22. The second kappa shape index (κ2) is 11.9. The van der Waals surface area contributed by atoms with E-state index in [1.165, 1.54) is 5.56 Å². The highest BCUT2D eigenvalue weighted by atomic mass is 16.5. The Bertz CT molecular complexity index is 524. The lowest BCUT2D eigenvalue weighted by Crippen LogP contribution is -2.44. The third-order valence-corrected chi connectivity index (χ3v) is 4.55. The standard InChI is InChI=1S/C20H34N4O2/c1-4-21-20(22-10-11-26-13-12-25-3)23-19-14-17(2)24(16-19)15-18-8-6-5-7-9-18/h5-9,17,19H,4,10-16H2,1-3H3,(H2,21,22,23). The highest BCUT2D eigenvalue weighted by Gasteiger charge is 2.29. The fourth-order valence-corrected chi connectivity index (χ4v) is 3.22. The maximum atomic E-state index is 5.48. The van der Waals surface area contributed by atoms with Crippen LogP contribution in [0.5, 0.6) is 0 Å². The van der Waals surface area contributed by atoms with Gasteiger partial charge in [0.15, 0.2) is 5.96 Å². The first-order valence-electron chi connectivity index (χ1n) is 9.62. The third kappa shape index (κ3) is 7.32. The number of hydrogen-bond donors (Lipinski definition) is 2. The number of rotatable bonds is 10. The molecule has 26 heavy (non-hydrogen) atoms. The summed E-state index contributed by atoms with van der Waals surface area (Å²) in [4.78, 5) is 7.15. The van der Waals surface area contributed by atoms with E-state index in [-0.39, 0.29) is 0 Å². The number of ether oxygens (including phenoxy) is 2. The Hall–Kier alpha value is -1.63. The van der Waals surface area contributed by atoms with Crippen molar-refractivity contribution in [3.63, 3.8) is 0 Å². The monoisotopic (exact) mass is 362 g/mol. The van der Waals surface area contributed by atoms with Gasteiger partial charge in [-0.1, -0.05) is 30.3 Å². The van der Waals surface area contributed by atoms with Crippen molar-refractivity contribution in [3.8, 4) is 0 Å². The number of hydrogen-bond acceptors (Lipinski definition) is 4. The minimum Gasteiger partial charge on any atom is -0.382 e. The van der Waals surface area contributed by atoms with E-state index in [4.69, 9.17) is 9.47 Å². The number of guanidine groups is 1. The van der Waals surface area contributed by atoms with Gasteiger partial charge in [-0.2, -0.15) is 0 Å². The summed E-state index contributed by atoms with van der Waals surface area (Å²) in [6.07, 6.45) is 1.13. The van der Waals surface area contributed by atoms with E-state index in [2.05, 4.69) is 64.7 Å². The summed E-state index contributed by atoms with van der Waals surface area (Å²) >= 11 is 0. The Kier molecular flexibility index (Phi) is 9.45. The van der Waals surface area contributed by atoms with E-state index < -0.39 is 0 Å². The summed E-state index contributed by atoms with van der Waals surface area (Å²) in [6.45, 7) is 9.78. The van der Waals surface area contributed by atoms with Gasteiger partial charge in [0.25, 0.3) is 0 Å². The Morgan fingerprint density at radius 3 is 2.77 bits per heavy atom. The van der Waals surface area contributed by atoms with Gasteiger partial charge in [-0.25, -0.2) is 0 Å². The van der Waals surface area contributed by atoms with Crippen molar-refractivity contribution in [1.82, 2.24) is 15.5 Å². The summed E-state index contributed by atoms with van der Waals surface area (Å²) in [6, 6.07) is 11.7. The van der Waals surface area contributed by atoms with E-state index in [0.717, 1.165) is 32.0 Å². The largest absolute Gasteiger partial charge is 0.382 e. The second-order valence-corrected chi connectivity index (χ2v) is 6.71. The molecule has 2 atom stereocenters. The van der Waals surface area contributed by atoms with Crippen LogP contribution in [0.3, 0.4) is 0 Å². The molecule has 0 aliphatic carbocycles. The Morgan fingerprint density at radius 2 is 2.04 bits per heavy atom. The van der Waals surface area contributed by atoms with Crippen LogP contribution < -0.4 is 10.6 Å². The lowest BCUT2D eigenvalue weighted by molar-refractivity contribution is 0.0748. The van der Waals surface area contributed by atoms with Crippen molar-refractivity contribution in [2.45, 2.75) is 38.9 Å². The maximum absolute atomic E-state index is 5.48. The predicted octanol–water partition coefficient (Wildman–Crippen LogP) is 1.87. The van der Waals surface area contributed by atoms with Gasteiger partial charge in [-0.05, 0) is 25.8 Å². The molecule has 2 N–H and O–H groups in total. The predicted molar refractivity (Wildman–Crippen MR) is 107 cm³/mol. The number of benzene rings is 1. The van der Waals surface area contributed by atoms with Crippen LogP contribution in [0.15, 0.2) is 35.3 Å². The summed E-state index contributed by atoms with van der Waals surface area (Å²) in [5, 5.41) is 6.91. The summed E-state index contributed by atoms with van der Waals surface area (Å²) < 4.78 is 10.4. The van der Waals surface area contributed by atoms with Crippen molar-refractivity contribution >= 4 is 5.96 Å². The van der Waals surface area contributed by atoms with Crippen molar-refractivity contribution < 1.29 is 9.47 Å². The van der Waals surface area contributed by atoms with Crippen LogP contribution in [0.1, 0.15) is 25.8 Å². The van der Waals surface area contributed by atoms with Gasteiger partial charge in [0.05, 0.1) is 26.4 Å². The highest BCUT2D eigenvalue weighted by molar-refractivity contribution is 5.80. The van der Waals surface area contributed by atoms with Crippen LogP contribution >= 0.6 is 0 Å². The molecule has 1 heterocycles. The van der Waals surface area contributed by atoms with Crippen LogP contribution in [0.2, 0.25) is 0 Å². The van der Waals surface area contributed by atoms with Gasteiger partial charge in [-0.15, -0.1) is 0 Å². The Labute approximate surface area is 158 Å². The molecule has 0 bridgehead atoms. The topological polar surface area (TPSA) is 58.1 Å². The number of aliphatic imine (C=N–C) groups is 1. The molecule has 0 aromatic heterocycles. The highest BCUT2D eigenvalue weighted by Crippen LogP contribution is 2.20. The minimum absolute atomic E-state index is 0.418. The molecule has 6 nitrogen and oxygen atoms in total. The zero-order valence-corrected chi connectivity index (χ0v) is 16.4. The summed E-state index contributed by atoms with van der Waals surface area (Å²) in [5.74, 6) is 0.876. The van der Waals surface area contributed by atoms with Gasteiger partial charge in [0.1, 0.15) is 0 Å². The van der Waals surface area contributed by atoms with Crippen LogP contribution in [0.25, 0.3) is 0 Å². The molecule has 2 rings (SSSR count). The lowest BCUT2D eigenvalue weighted by atomic mass is 10.2. The molecular formula is C20H34N4O2. The van der Waals surface area contributed by atoms with Crippen molar-refractivity contribution in [2.24, 2.45) is 4.99 Å². The zero-order chi connectivity index (χ0) is 18.6. The molecule has 0 spiro atoms. The molecule has 146 valence electrons. The number of nitrogens with zero attached hydrogens (tertiary/aromatic N) is 2. The van der Waals surface area contributed by atoms with Crippen LogP contribution in [0.4, 0.5) is 0 Å². The molecule has 1 aliphatic rings. The van der Waals surface area contributed by atoms with Crippen LogP contribution in [-0.2, 0) is 16.0 Å². The smallest absolute Gasteiger partial charge is 0.191 e. The van der Waals surface area contributed by atoms with Crippen molar-refractivity contribution in [3.05, 3.63) is 35.9 Å².